The Morgan fingerprint density at radius 2 is 2.05 bits per heavy atom. The first-order chi connectivity index (χ1) is 9.63. The molecule has 0 aromatic heterocycles. The summed E-state index contributed by atoms with van der Waals surface area (Å²) in [4.78, 5) is 15.5. The van der Waals surface area contributed by atoms with Gasteiger partial charge in [0.05, 0.1) is 12.7 Å². The minimum atomic E-state index is -0.315. The molecule has 1 aromatic carbocycles. The van der Waals surface area contributed by atoms with Gasteiger partial charge < -0.3 is 15.4 Å². The van der Waals surface area contributed by atoms with E-state index in [0.717, 1.165) is 17.4 Å². The Bertz CT molecular complexity index is 496. The summed E-state index contributed by atoms with van der Waals surface area (Å²) in [6.45, 7) is 2.89. The van der Waals surface area contributed by atoms with E-state index in [2.05, 4.69) is 27.3 Å². The lowest BCUT2D eigenvalue weighted by atomic mass is 10.1. The van der Waals surface area contributed by atoms with Crippen LogP contribution in [0.25, 0.3) is 0 Å². The number of carbonyl (C=O) groups is 1. The molecule has 2 atom stereocenters. The second kappa shape index (κ2) is 6.41. The van der Waals surface area contributed by atoms with Crippen molar-refractivity contribution < 1.29 is 9.53 Å². The minimum Gasteiger partial charge on any atom is -0.465 e. The van der Waals surface area contributed by atoms with E-state index >= 15 is 0 Å². The Hall–Kier alpha value is -2.04. The average Bonchev–Trinajstić information content (AvgIpc) is 3.18. The molecule has 5 nitrogen and oxygen atoms in total. The fraction of sp³-hybridized carbons (Fsp3) is 0.467. The first kappa shape index (κ1) is 14.4. The van der Waals surface area contributed by atoms with Crippen molar-refractivity contribution in [3.8, 4) is 0 Å². The molecule has 0 aliphatic heterocycles. The van der Waals surface area contributed by atoms with Gasteiger partial charge in [-0.3, -0.25) is 4.99 Å². The molecule has 1 aliphatic rings. The second-order valence-corrected chi connectivity index (χ2v) is 5.08. The number of nitrogens with zero attached hydrogens (tertiary/aromatic N) is 1. The molecular formula is C15H21N3O2. The van der Waals surface area contributed by atoms with Gasteiger partial charge in [-0.25, -0.2) is 4.79 Å². The van der Waals surface area contributed by atoms with Crippen LogP contribution in [0.4, 0.5) is 0 Å². The number of nitrogens with one attached hydrogen (secondary N) is 2. The van der Waals surface area contributed by atoms with E-state index in [9.17, 15) is 4.79 Å². The standard InChI is InChI=1S/C15H21N3O2/c1-10-8-13(10)18-15(16-2)17-9-11-4-6-12(7-5-11)14(19)20-3/h4-7,10,13H,8-9H2,1-3H3,(H2,16,17,18). The summed E-state index contributed by atoms with van der Waals surface area (Å²) in [6.07, 6.45) is 1.20. The first-order valence-electron chi connectivity index (χ1n) is 6.78. The number of hydrogen-bond donors (Lipinski definition) is 2. The van der Waals surface area contributed by atoms with Crippen LogP contribution in [0.1, 0.15) is 29.3 Å². The average molecular weight is 275 g/mol. The van der Waals surface area contributed by atoms with Crippen molar-refractivity contribution in [2.75, 3.05) is 14.2 Å². The van der Waals surface area contributed by atoms with Gasteiger partial charge in [-0.05, 0) is 30.0 Å². The monoisotopic (exact) mass is 275 g/mol. The number of guanidine groups is 1. The zero-order valence-electron chi connectivity index (χ0n) is 12.1. The van der Waals surface area contributed by atoms with Crippen molar-refractivity contribution >= 4 is 11.9 Å². The van der Waals surface area contributed by atoms with Gasteiger partial charge in [0.25, 0.3) is 0 Å². The van der Waals surface area contributed by atoms with Crippen LogP contribution in [0.15, 0.2) is 29.3 Å². The maximum Gasteiger partial charge on any atom is 0.337 e. The molecule has 108 valence electrons. The summed E-state index contributed by atoms with van der Waals surface area (Å²) in [7, 11) is 3.15. The predicted molar refractivity (Wildman–Crippen MR) is 78.7 cm³/mol. The third kappa shape index (κ3) is 3.73. The molecular weight excluding hydrogens is 254 g/mol. The van der Waals surface area contributed by atoms with Crippen molar-refractivity contribution in [2.24, 2.45) is 10.9 Å². The zero-order chi connectivity index (χ0) is 14.5. The molecule has 2 rings (SSSR count). The Labute approximate surface area is 119 Å². The van der Waals surface area contributed by atoms with Crippen molar-refractivity contribution in [1.82, 2.24) is 10.6 Å². The minimum absolute atomic E-state index is 0.315. The molecule has 0 amide bonds. The molecule has 20 heavy (non-hydrogen) atoms. The normalized spacial score (nSPS) is 21.2. The Kier molecular flexibility index (Phi) is 4.61. The van der Waals surface area contributed by atoms with Crippen molar-refractivity contribution in [2.45, 2.75) is 25.9 Å². The second-order valence-electron chi connectivity index (χ2n) is 5.08. The number of rotatable bonds is 4. The number of hydrogen-bond acceptors (Lipinski definition) is 3. The summed E-state index contributed by atoms with van der Waals surface area (Å²) in [5, 5.41) is 6.63. The number of ether oxygens (including phenoxy) is 1. The Morgan fingerprint density at radius 3 is 2.55 bits per heavy atom. The van der Waals surface area contributed by atoms with Gasteiger partial charge in [-0.2, -0.15) is 0 Å². The van der Waals surface area contributed by atoms with Gasteiger partial charge in [-0.15, -0.1) is 0 Å². The van der Waals surface area contributed by atoms with Crippen molar-refractivity contribution in [1.29, 1.82) is 0 Å². The molecule has 0 bridgehead atoms. The smallest absolute Gasteiger partial charge is 0.337 e. The van der Waals surface area contributed by atoms with Gasteiger partial charge >= 0.3 is 5.97 Å². The third-order valence-corrected chi connectivity index (χ3v) is 3.49. The van der Waals surface area contributed by atoms with Gasteiger partial charge in [0, 0.05) is 19.6 Å². The topological polar surface area (TPSA) is 62.7 Å². The SMILES string of the molecule is CN=C(NCc1ccc(C(=O)OC)cc1)NC1CC1C. The molecule has 1 saturated carbocycles. The quantitative estimate of drug-likeness (QED) is 0.497. The number of carbonyl (C=O) groups excluding carboxylic acids is 1. The summed E-state index contributed by atoms with van der Waals surface area (Å²) >= 11 is 0. The molecule has 5 heteroatoms. The molecule has 1 aromatic rings. The lowest BCUT2D eigenvalue weighted by Gasteiger charge is -2.11. The largest absolute Gasteiger partial charge is 0.465 e. The van der Waals surface area contributed by atoms with Gasteiger partial charge in [0.1, 0.15) is 0 Å². The van der Waals surface area contributed by atoms with Crippen LogP contribution >= 0.6 is 0 Å². The van der Waals surface area contributed by atoms with Gasteiger partial charge in [0.2, 0.25) is 0 Å². The lowest BCUT2D eigenvalue weighted by molar-refractivity contribution is 0.0600. The van der Waals surface area contributed by atoms with Crippen LogP contribution in [0.3, 0.4) is 0 Å². The molecule has 0 heterocycles. The van der Waals surface area contributed by atoms with Crippen molar-refractivity contribution in [3.05, 3.63) is 35.4 Å². The number of esters is 1. The van der Waals surface area contributed by atoms with E-state index in [-0.39, 0.29) is 5.97 Å². The highest BCUT2D eigenvalue weighted by Gasteiger charge is 2.33. The molecule has 0 saturated heterocycles. The maximum atomic E-state index is 11.3. The fourth-order valence-electron chi connectivity index (χ4n) is 1.96. The van der Waals surface area contributed by atoms with E-state index in [0.29, 0.717) is 18.2 Å². The molecule has 2 N–H and O–H groups in total. The van der Waals surface area contributed by atoms with Crippen LogP contribution < -0.4 is 10.6 Å². The third-order valence-electron chi connectivity index (χ3n) is 3.49. The first-order valence-corrected chi connectivity index (χ1v) is 6.78. The fourth-order valence-corrected chi connectivity index (χ4v) is 1.96. The summed E-state index contributed by atoms with van der Waals surface area (Å²) < 4.78 is 4.67. The number of aliphatic imine (C=N–C) groups is 1. The molecule has 0 radical (unpaired) electrons. The van der Waals surface area contributed by atoms with Gasteiger partial charge in [-0.1, -0.05) is 19.1 Å². The van der Waals surface area contributed by atoms with Crippen LogP contribution in [-0.2, 0) is 11.3 Å². The van der Waals surface area contributed by atoms with Crippen LogP contribution in [0, 0.1) is 5.92 Å². The highest BCUT2D eigenvalue weighted by Crippen LogP contribution is 2.28. The van der Waals surface area contributed by atoms with E-state index in [1.807, 2.05) is 12.1 Å². The number of benzene rings is 1. The summed E-state index contributed by atoms with van der Waals surface area (Å²) in [5.41, 5.74) is 1.65. The van der Waals surface area contributed by atoms with E-state index in [1.165, 1.54) is 13.5 Å². The molecule has 1 aliphatic carbocycles. The Morgan fingerprint density at radius 1 is 1.40 bits per heavy atom. The highest BCUT2D eigenvalue weighted by molar-refractivity contribution is 5.89. The van der Waals surface area contributed by atoms with Crippen LogP contribution in [0.5, 0.6) is 0 Å². The van der Waals surface area contributed by atoms with E-state index in [1.54, 1.807) is 19.2 Å². The highest BCUT2D eigenvalue weighted by atomic mass is 16.5. The Balaban J connectivity index is 1.85. The molecule has 2 unspecified atom stereocenters. The summed E-state index contributed by atoms with van der Waals surface area (Å²) in [6, 6.07) is 7.89. The zero-order valence-corrected chi connectivity index (χ0v) is 12.1. The van der Waals surface area contributed by atoms with Crippen LogP contribution in [-0.4, -0.2) is 32.1 Å². The van der Waals surface area contributed by atoms with Crippen molar-refractivity contribution in [3.63, 3.8) is 0 Å². The number of methoxy groups -OCH3 is 1. The van der Waals surface area contributed by atoms with E-state index < -0.39 is 0 Å². The predicted octanol–water partition coefficient (Wildman–Crippen LogP) is 1.55. The van der Waals surface area contributed by atoms with E-state index in [4.69, 9.17) is 0 Å². The molecule has 1 fully saturated rings. The van der Waals surface area contributed by atoms with Crippen LogP contribution in [0.2, 0.25) is 0 Å². The maximum absolute atomic E-state index is 11.3. The summed E-state index contributed by atoms with van der Waals surface area (Å²) in [5.74, 6) is 1.23. The lowest BCUT2D eigenvalue weighted by Crippen LogP contribution is -2.38. The van der Waals surface area contributed by atoms with Gasteiger partial charge in [0.15, 0.2) is 5.96 Å². The molecule has 0 spiro atoms.